The Labute approximate surface area is 199 Å². The van der Waals surface area contributed by atoms with E-state index in [1.807, 2.05) is 12.1 Å². The number of carbonyl (C=O) groups is 2. The van der Waals surface area contributed by atoms with Crippen LogP contribution >= 0.6 is 46.3 Å². The fraction of sp³-hybridized carbons (Fsp3) is 0.450. The number of ether oxygens (including phenoxy) is 1. The SMILES string of the molecule is Cc1nc(SCC(=O)NCC2CN(Cc3ccc(Cl)c(Cl)c3)CCO2)sc1CC(=O)O. The molecule has 1 aromatic carbocycles. The summed E-state index contributed by atoms with van der Waals surface area (Å²) in [5, 5.41) is 12.9. The third kappa shape index (κ3) is 7.62. The van der Waals surface area contributed by atoms with Crippen molar-refractivity contribution in [2.24, 2.45) is 0 Å². The van der Waals surface area contributed by atoms with Crippen molar-refractivity contribution in [2.75, 3.05) is 32.0 Å². The molecule has 1 unspecified atom stereocenters. The summed E-state index contributed by atoms with van der Waals surface area (Å²) in [5.41, 5.74) is 1.78. The van der Waals surface area contributed by atoms with E-state index in [-0.39, 0.29) is 24.2 Å². The van der Waals surface area contributed by atoms with Crippen LogP contribution in [0.1, 0.15) is 16.1 Å². The van der Waals surface area contributed by atoms with Crippen molar-refractivity contribution >= 4 is 58.2 Å². The number of carboxylic acids is 1. The monoisotopic (exact) mass is 503 g/mol. The number of nitrogens with zero attached hydrogens (tertiary/aromatic N) is 2. The van der Waals surface area contributed by atoms with E-state index >= 15 is 0 Å². The lowest BCUT2D eigenvalue weighted by Gasteiger charge is -2.33. The van der Waals surface area contributed by atoms with Crippen molar-refractivity contribution in [2.45, 2.75) is 30.3 Å². The second-order valence-corrected chi connectivity index (χ2v) is 10.2. The van der Waals surface area contributed by atoms with Crippen LogP contribution in [0.5, 0.6) is 0 Å². The number of amides is 1. The number of nitrogens with one attached hydrogen (secondary N) is 1. The molecule has 0 saturated carbocycles. The van der Waals surface area contributed by atoms with Crippen LogP contribution in [0.4, 0.5) is 0 Å². The summed E-state index contributed by atoms with van der Waals surface area (Å²) in [6.45, 7) is 5.06. The number of hydrogen-bond acceptors (Lipinski definition) is 7. The van der Waals surface area contributed by atoms with Crippen LogP contribution in [0, 0.1) is 6.92 Å². The van der Waals surface area contributed by atoms with Crippen LogP contribution < -0.4 is 5.32 Å². The molecular weight excluding hydrogens is 481 g/mol. The van der Waals surface area contributed by atoms with Gasteiger partial charge in [0.2, 0.25) is 5.91 Å². The molecule has 0 spiro atoms. The highest BCUT2D eigenvalue weighted by atomic mass is 35.5. The molecule has 1 saturated heterocycles. The van der Waals surface area contributed by atoms with Gasteiger partial charge in [-0.05, 0) is 24.6 Å². The van der Waals surface area contributed by atoms with Gasteiger partial charge < -0.3 is 15.2 Å². The Balaban J connectivity index is 1.41. The molecule has 168 valence electrons. The van der Waals surface area contributed by atoms with E-state index in [4.69, 9.17) is 33.0 Å². The van der Waals surface area contributed by atoms with Crippen molar-refractivity contribution in [3.8, 4) is 0 Å². The number of carboxylic acid groups (broad SMARTS) is 1. The fourth-order valence-electron chi connectivity index (χ4n) is 3.11. The van der Waals surface area contributed by atoms with E-state index < -0.39 is 5.97 Å². The van der Waals surface area contributed by atoms with Gasteiger partial charge in [0.1, 0.15) is 0 Å². The molecule has 2 heterocycles. The molecule has 1 amide bonds. The number of rotatable bonds is 9. The summed E-state index contributed by atoms with van der Waals surface area (Å²) in [5.74, 6) is -0.774. The molecule has 2 N–H and O–H groups in total. The zero-order valence-corrected chi connectivity index (χ0v) is 20.0. The van der Waals surface area contributed by atoms with Crippen molar-refractivity contribution < 1.29 is 19.4 Å². The van der Waals surface area contributed by atoms with Crippen molar-refractivity contribution in [3.63, 3.8) is 0 Å². The Hall–Kier alpha value is -1.36. The summed E-state index contributed by atoms with van der Waals surface area (Å²) in [7, 11) is 0. The summed E-state index contributed by atoms with van der Waals surface area (Å²) in [6, 6.07) is 5.62. The number of halogens is 2. The Kier molecular flexibility index (Phi) is 9.00. The van der Waals surface area contributed by atoms with Crippen LogP contribution in [-0.2, 0) is 27.3 Å². The molecule has 0 bridgehead atoms. The number of aromatic nitrogens is 1. The first-order valence-corrected chi connectivity index (χ1v) is 12.2. The van der Waals surface area contributed by atoms with Gasteiger partial charge in [-0.1, -0.05) is 41.0 Å². The lowest BCUT2D eigenvalue weighted by atomic mass is 10.2. The van der Waals surface area contributed by atoms with Crippen molar-refractivity contribution in [3.05, 3.63) is 44.4 Å². The minimum Gasteiger partial charge on any atom is -0.481 e. The lowest BCUT2D eigenvalue weighted by molar-refractivity contribution is -0.136. The van der Waals surface area contributed by atoms with E-state index in [9.17, 15) is 9.59 Å². The average Bonchev–Trinajstić information content (AvgIpc) is 3.06. The predicted octanol–water partition coefficient (Wildman–Crippen LogP) is 3.49. The minimum atomic E-state index is -0.887. The van der Waals surface area contributed by atoms with Crippen LogP contribution in [-0.4, -0.2) is 65.0 Å². The van der Waals surface area contributed by atoms with Gasteiger partial charge in [-0.25, -0.2) is 4.98 Å². The van der Waals surface area contributed by atoms with Crippen LogP contribution in [0.25, 0.3) is 0 Å². The number of aliphatic carboxylic acids is 1. The van der Waals surface area contributed by atoms with Gasteiger partial charge in [0.25, 0.3) is 0 Å². The maximum absolute atomic E-state index is 12.2. The van der Waals surface area contributed by atoms with Gasteiger partial charge in [0.05, 0.1) is 40.6 Å². The zero-order chi connectivity index (χ0) is 22.4. The normalized spacial score (nSPS) is 16.9. The number of thioether (sulfide) groups is 1. The number of thiazole rings is 1. The van der Waals surface area contributed by atoms with Crippen molar-refractivity contribution in [1.82, 2.24) is 15.2 Å². The maximum Gasteiger partial charge on any atom is 0.308 e. The molecule has 2 aromatic rings. The van der Waals surface area contributed by atoms with E-state index in [0.717, 1.165) is 18.7 Å². The highest BCUT2D eigenvalue weighted by Crippen LogP contribution is 2.27. The van der Waals surface area contributed by atoms with Gasteiger partial charge in [-0.3, -0.25) is 14.5 Å². The Morgan fingerprint density at radius 3 is 2.94 bits per heavy atom. The zero-order valence-electron chi connectivity index (χ0n) is 16.9. The molecule has 1 fully saturated rings. The van der Waals surface area contributed by atoms with E-state index in [2.05, 4.69) is 15.2 Å². The average molecular weight is 504 g/mol. The molecule has 31 heavy (non-hydrogen) atoms. The standard InChI is InChI=1S/C20H23Cl2N3O4S2/c1-12-17(7-19(27)28)31-20(24-12)30-11-18(26)23-8-14-10-25(4-5-29-14)9-13-2-3-15(21)16(22)6-13/h2-3,6,14H,4-5,7-11H2,1H3,(H,23,26)(H,27,28). The molecule has 3 rings (SSSR count). The largest absolute Gasteiger partial charge is 0.481 e. The van der Waals surface area contributed by atoms with Crippen LogP contribution in [0.2, 0.25) is 10.0 Å². The van der Waals surface area contributed by atoms with Gasteiger partial charge in [0.15, 0.2) is 4.34 Å². The van der Waals surface area contributed by atoms with Gasteiger partial charge in [-0.2, -0.15) is 0 Å². The highest BCUT2D eigenvalue weighted by Gasteiger charge is 2.21. The summed E-state index contributed by atoms with van der Waals surface area (Å²) < 4.78 is 6.48. The van der Waals surface area contributed by atoms with Gasteiger partial charge in [0, 0.05) is 31.1 Å². The van der Waals surface area contributed by atoms with Crippen LogP contribution in [0.3, 0.4) is 0 Å². The summed E-state index contributed by atoms with van der Waals surface area (Å²) in [4.78, 5) is 30.4. The van der Waals surface area contributed by atoms with Crippen LogP contribution in [0.15, 0.2) is 22.5 Å². The van der Waals surface area contributed by atoms with E-state index in [1.165, 1.54) is 23.1 Å². The molecule has 0 aliphatic carbocycles. The molecule has 1 aliphatic rings. The predicted molar refractivity (Wildman–Crippen MR) is 123 cm³/mol. The molecular formula is C20H23Cl2N3O4S2. The fourth-order valence-corrected chi connectivity index (χ4v) is 5.49. The van der Waals surface area contributed by atoms with Crippen molar-refractivity contribution in [1.29, 1.82) is 0 Å². The van der Waals surface area contributed by atoms with Gasteiger partial charge in [-0.15, -0.1) is 11.3 Å². The first kappa shape index (κ1) is 24.3. The van der Waals surface area contributed by atoms with Gasteiger partial charge >= 0.3 is 5.97 Å². The molecule has 1 aromatic heterocycles. The molecule has 0 radical (unpaired) electrons. The number of benzene rings is 1. The van der Waals surface area contributed by atoms with E-state index in [0.29, 0.717) is 44.7 Å². The Morgan fingerprint density at radius 1 is 1.39 bits per heavy atom. The second-order valence-electron chi connectivity index (χ2n) is 7.13. The smallest absolute Gasteiger partial charge is 0.308 e. The number of aryl methyl sites for hydroxylation is 1. The minimum absolute atomic E-state index is 0.0476. The third-order valence-electron chi connectivity index (χ3n) is 4.65. The number of carbonyl (C=O) groups excluding carboxylic acids is 1. The Morgan fingerprint density at radius 2 is 2.19 bits per heavy atom. The summed E-state index contributed by atoms with van der Waals surface area (Å²) in [6.07, 6.45) is -0.136. The third-order valence-corrected chi connectivity index (χ3v) is 7.69. The number of morpholine rings is 1. The topological polar surface area (TPSA) is 91.8 Å². The quantitative estimate of drug-likeness (QED) is 0.505. The first-order chi connectivity index (χ1) is 14.8. The lowest BCUT2D eigenvalue weighted by Crippen LogP contribution is -2.47. The first-order valence-electron chi connectivity index (χ1n) is 9.65. The molecule has 1 atom stereocenters. The van der Waals surface area contributed by atoms with E-state index in [1.54, 1.807) is 13.0 Å². The molecule has 11 heteroatoms. The summed E-state index contributed by atoms with van der Waals surface area (Å²) >= 11 is 14.7. The highest BCUT2D eigenvalue weighted by molar-refractivity contribution is 8.01. The maximum atomic E-state index is 12.2. The number of hydrogen-bond donors (Lipinski definition) is 2. The second kappa shape index (κ2) is 11.5. The molecule has 1 aliphatic heterocycles. The Bertz CT molecular complexity index is 941. The molecule has 7 nitrogen and oxygen atoms in total.